The van der Waals surface area contributed by atoms with Gasteiger partial charge in [-0.1, -0.05) is 24.3 Å². The van der Waals surface area contributed by atoms with Crippen molar-refractivity contribution >= 4 is 40.0 Å². The van der Waals surface area contributed by atoms with Crippen molar-refractivity contribution in [1.82, 2.24) is 19.5 Å². The first-order chi connectivity index (χ1) is 12.6. The highest BCUT2D eigenvalue weighted by Gasteiger charge is 2.34. The van der Waals surface area contributed by atoms with Gasteiger partial charge < -0.3 is 9.88 Å². The van der Waals surface area contributed by atoms with E-state index in [0.717, 1.165) is 15.3 Å². The van der Waals surface area contributed by atoms with Crippen molar-refractivity contribution < 1.29 is 13.2 Å². The van der Waals surface area contributed by atoms with Crippen molar-refractivity contribution in [2.45, 2.75) is 19.1 Å². The molecule has 10 heteroatoms. The van der Waals surface area contributed by atoms with Gasteiger partial charge in [-0.15, -0.1) is 0 Å². The molecular weight excluding hydrogens is 494 g/mol. The number of alkyl halides is 3. The molecule has 1 atom stereocenters. The topological polar surface area (TPSA) is 55.6 Å². The van der Waals surface area contributed by atoms with E-state index in [9.17, 15) is 13.2 Å². The van der Waals surface area contributed by atoms with Crippen molar-refractivity contribution in [3.63, 3.8) is 0 Å². The minimum absolute atomic E-state index is 0.0920. The van der Waals surface area contributed by atoms with Gasteiger partial charge in [0.25, 0.3) is 0 Å². The second-order valence-corrected chi connectivity index (χ2v) is 7.38. The molecule has 0 bridgehead atoms. The molecule has 0 amide bonds. The highest BCUT2D eigenvalue weighted by Crippen LogP contribution is 2.31. The van der Waals surface area contributed by atoms with Crippen LogP contribution >= 0.6 is 34.2 Å². The second kappa shape index (κ2) is 7.63. The van der Waals surface area contributed by atoms with Gasteiger partial charge in [0.1, 0.15) is 11.6 Å². The van der Waals surface area contributed by atoms with Gasteiger partial charge in [-0.25, -0.2) is 9.97 Å². The molecule has 3 aromatic rings. The van der Waals surface area contributed by atoms with Crippen molar-refractivity contribution in [1.29, 1.82) is 0 Å². The van der Waals surface area contributed by atoms with E-state index in [2.05, 4.69) is 42.9 Å². The van der Waals surface area contributed by atoms with Gasteiger partial charge in [-0.05, 0) is 46.7 Å². The number of aryl methyl sites for hydroxylation is 1. The van der Waals surface area contributed by atoms with E-state index in [4.69, 9.17) is 11.6 Å². The van der Waals surface area contributed by atoms with E-state index in [1.165, 1.54) is 11.6 Å². The average molecular weight is 508 g/mol. The van der Waals surface area contributed by atoms with Crippen LogP contribution in [-0.2, 0) is 13.2 Å². The first-order valence-corrected chi connectivity index (χ1v) is 9.26. The highest BCUT2D eigenvalue weighted by atomic mass is 127. The molecule has 142 valence electrons. The summed E-state index contributed by atoms with van der Waals surface area (Å²) in [5.41, 5.74) is 0.632. The fourth-order valence-electron chi connectivity index (χ4n) is 2.53. The van der Waals surface area contributed by atoms with E-state index in [1.807, 2.05) is 19.1 Å². The van der Waals surface area contributed by atoms with E-state index in [1.54, 1.807) is 18.3 Å². The third kappa shape index (κ3) is 4.52. The van der Waals surface area contributed by atoms with E-state index < -0.39 is 11.9 Å². The van der Waals surface area contributed by atoms with Gasteiger partial charge in [0, 0.05) is 31.0 Å². The largest absolute Gasteiger partial charge is 0.434 e. The lowest BCUT2D eigenvalue weighted by Crippen LogP contribution is -2.09. The molecule has 2 heterocycles. The zero-order chi connectivity index (χ0) is 19.8. The molecular formula is C17H14ClF3IN5. The first kappa shape index (κ1) is 19.9. The number of halogens is 5. The van der Waals surface area contributed by atoms with Crippen LogP contribution < -0.4 is 5.32 Å². The lowest BCUT2D eigenvalue weighted by Gasteiger charge is -2.16. The lowest BCUT2D eigenvalue weighted by atomic mass is 10.1. The van der Waals surface area contributed by atoms with Gasteiger partial charge in [-0.2, -0.15) is 18.2 Å². The van der Waals surface area contributed by atoms with Gasteiger partial charge in [0.2, 0.25) is 5.28 Å². The minimum Gasteiger partial charge on any atom is -0.363 e. The molecule has 0 saturated carbocycles. The van der Waals surface area contributed by atoms with Crippen molar-refractivity contribution in [2.75, 3.05) is 5.32 Å². The summed E-state index contributed by atoms with van der Waals surface area (Å²) in [7, 11) is 1.54. The maximum atomic E-state index is 12.8. The van der Waals surface area contributed by atoms with Crippen LogP contribution in [0.25, 0.3) is 11.4 Å². The summed E-state index contributed by atoms with van der Waals surface area (Å²) in [5.74, 6) is 0.873. The van der Waals surface area contributed by atoms with Crippen LogP contribution in [0, 0.1) is 3.57 Å². The lowest BCUT2D eigenvalue weighted by molar-refractivity contribution is -0.140. The second-order valence-electron chi connectivity index (χ2n) is 5.88. The molecule has 27 heavy (non-hydrogen) atoms. The number of rotatable bonds is 4. The minimum atomic E-state index is -4.47. The molecule has 0 fully saturated rings. The molecule has 0 saturated heterocycles. The van der Waals surface area contributed by atoms with Gasteiger partial charge in [-0.3, -0.25) is 0 Å². The average Bonchev–Trinajstić information content (AvgIpc) is 3.00. The zero-order valence-electron chi connectivity index (χ0n) is 14.2. The number of anilines is 1. The van der Waals surface area contributed by atoms with E-state index >= 15 is 0 Å². The number of benzene rings is 1. The number of hydrogen-bond acceptors (Lipinski definition) is 4. The smallest absolute Gasteiger partial charge is 0.363 e. The van der Waals surface area contributed by atoms with Gasteiger partial charge in [0.05, 0.1) is 3.57 Å². The summed E-state index contributed by atoms with van der Waals surface area (Å²) in [6, 6.07) is 7.07. The quantitative estimate of drug-likeness (QED) is 0.383. The Morgan fingerprint density at radius 3 is 2.44 bits per heavy atom. The fourth-order valence-corrected chi connectivity index (χ4v) is 3.08. The van der Waals surface area contributed by atoms with Crippen molar-refractivity contribution in [3.05, 3.63) is 56.8 Å². The number of imidazole rings is 1. The normalized spacial score (nSPS) is 12.9. The Labute approximate surface area is 172 Å². The Morgan fingerprint density at radius 2 is 1.85 bits per heavy atom. The van der Waals surface area contributed by atoms with Crippen molar-refractivity contribution in [3.8, 4) is 11.4 Å². The zero-order valence-corrected chi connectivity index (χ0v) is 17.1. The predicted octanol–water partition coefficient (Wildman–Crippen LogP) is 5.33. The Kier molecular flexibility index (Phi) is 5.61. The number of nitrogens with zero attached hydrogens (tertiary/aromatic N) is 4. The molecule has 0 aliphatic carbocycles. The van der Waals surface area contributed by atoms with Crippen LogP contribution in [0.5, 0.6) is 0 Å². The van der Waals surface area contributed by atoms with Gasteiger partial charge in [0.15, 0.2) is 5.69 Å². The maximum Gasteiger partial charge on any atom is 0.434 e. The summed E-state index contributed by atoms with van der Waals surface area (Å²) >= 11 is 7.93. The van der Waals surface area contributed by atoms with Crippen LogP contribution in [0.15, 0.2) is 36.7 Å². The van der Waals surface area contributed by atoms with Crippen LogP contribution in [0.1, 0.15) is 24.2 Å². The van der Waals surface area contributed by atoms with E-state index in [-0.39, 0.29) is 17.1 Å². The Bertz CT molecular complexity index is 956. The summed E-state index contributed by atoms with van der Waals surface area (Å²) in [6.07, 6.45) is -1.87. The first-order valence-electron chi connectivity index (χ1n) is 7.80. The van der Waals surface area contributed by atoms with Crippen LogP contribution in [0.3, 0.4) is 0 Å². The molecule has 0 spiro atoms. The molecule has 0 aliphatic rings. The monoisotopic (exact) mass is 507 g/mol. The molecule has 2 aromatic heterocycles. The summed E-state index contributed by atoms with van der Waals surface area (Å²) in [5, 5.41) is 3.40. The third-order valence-corrected chi connectivity index (χ3v) is 4.88. The standard InChI is InChI=1S/C17H14ClF3IN5/c1-9(24-14-12(22)7-23-16(18)26-14)10-3-5-11(6-4-10)15-25-13(8-27(15)2)17(19,20)21/h3-9H,1-2H3,(H,23,24,26). The summed E-state index contributed by atoms with van der Waals surface area (Å²) in [6.45, 7) is 1.95. The third-order valence-electron chi connectivity index (χ3n) is 3.90. The Hall–Kier alpha value is -1.88. The SMILES string of the molecule is CC(Nc1nc(Cl)ncc1I)c1ccc(-c2nc(C(F)(F)F)cn2C)cc1. The maximum absolute atomic E-state index is 12.8. The molecule has 1 N–H and O–H groups in total. The van der Waals surface area contributed by atoms with Gasteiger partial charge >= 0.3 is 6.18 Å². The van der Waals surface area contributed by atoms with Crippen LogP contribution in [0.4, 0.5) is 19.0 Å². The molecule has 1 unspecified atom stereocenters. The molecule has 0 aliphatic heterocycles. The number of nitrogens with one attached hydrogen (secondary N) is 1. The number of hydrogen-bond donors (Lipinski definition) is 1. The predicted molar refractivity (Wildman–Crippen MR) is 105 cm³/mol. The molecule has 5 nitrogen and oxygen atoms in total. The van der Waals surface area contributed by atoms with Crippen LogP contribution in [0.2, 0.25) is 5.28 Å². The van der Waals surface area contributed by atoms with E-state index in [0.29, 0.717) is 11.4 Å². The molecule has 3 rings (SSSR count). The highest BCUT2D eigenvalue weighted by molar-refractivity contribution is 14.1. The van der Waals surface area contributed by atoms with Crippen molar-refractivity contribution in [2.24, 2.45) is 7.05 Å². The summed E-state index contributed by atoms with van der Waals surface area (Å²) in [4.78, 5) is 11.8. The van der Waals surface area contributed by atoms with Crippen LogP contribution in [-0.4, -0.2) is 19.5 Å². The Balaban J connectivity index is 1.81. The fraction of sp³-hybridized carbons (Fsp3) is 0.235. The molecule has 1 aromatic carbocycles. The molecule has 0 radical (unpaired) electrons. The number of aromatic nitrogens is 4. The Morgan fingerprint density at radius 1 is 1.19 bits per heavy atom. The summed E-state index contributed by atoms with van der Waals surface area (Å²) < 4.78 is 40.7.